The SMILES string of the molecule is CCCS(=O)(=O)N(CC)C(C)(C)CN. The van der Waals surface area contributed by atoms with Crippen molar-refractivity contribution < 1.29 is 8.42 Å². The summed E-state index contributed by atoms with van der Waals surface area (Å²) in [5.41, 5.74) is 5.09. The maximum atomic E-state index is 11.8. The van der Waals surface area contributed by atoms with Crippen LogP contribution in [0.3, 0.4) is 0 Å². The van der Waals surface area contributed by atoms with Crippen LogP contribution < -0.4 is 5.73 Å². The summed E-state index contributed by atoms with van der Waals surface area (Å²) in [6.45, 7) is 8.22. The molecule has 0 heterocycles. The van der Waals surface area contributed by atoms with Gasteiger partial charge in [0.1, 0.15) is 0 Å². The highest BCUT2D eigenvalue weighted by molar-refractivity contribution is 7.89. The van der Waals surface area contributed by atoms with E-state index >= 15 is 0 Å². The largest absolute Gasteiger partial charge is 0.329 e. The van der Waals surface area contributed by atoms with Crippen LogP contribution in [0.25, 0.3) is 0 Å². The normalized spacial score (nSPS) is 13.6. The molecule has 0 radical (unpaired) electrons. The molecule has 0 saturated heterocycles. The van der Waals surface area contributed by atoms with E-state index in [4.69, 9.17) is 5.73 Å². The van der Waals surface area contributed by atoms with Gasteiger partial charge in [-0.2, -0.15) is 4.31 Å². The molecule has 4 nitrogen and oxygen atoms in total. The van der Waals surface area contributed by atoms with Crippen LogP contribution in [-0.4, -0.2) is 37.1 Å². The summed E-state index contributed by atoms with van der Waals surface area (Å²) in [4.78, 5) is 0. The zero-order valence-electron chi connectivity index (χ0n) is 9.58. The van der Waals surface area contributed by atoms with Gasteiger partial charge in [0.25, 0.3) is 0 Å². The zero-order valence-corrected chi connectivity index (χ0v) is 10.4. The fourth-order valence-corrected chi connectivity index (χ4v) is 3.43. The quantitative estimate of drug-likeness (QED) is 0.722. The van der Waals surface area contributed by atoms with Crippen molar-refractivity contribution >= 4 is 10.0 Å². The third kappa shape index (κ3) is 3.22. The van der Waals surface area contributed by atoms with Gasteiger partial charge < -0.3 is 5.73 Å². The molecule has 0 fully saturated rings. The molecule has 0 rings (SSSR count). The van der Waals surface area contributed by atoms with Gasteiger partial charge in [-0.25, -0.2) is 8.42 Å². The molecular formula is C9H22N2O2S. The first-order valence-corrected chi connectivity index (χ1v) is 6.63. The third-order valence-electron chi connectivity index (χ3n) is 2.26. The van der Waals surface area contributed by atoms with Gasteiger partial charge in [0.05, 0.1) is 5.75 Å². The topological polar surface area (TPSA) is 63.4 Å². The molecule has 0 spiro atoms. The number of nitrogens with zero attached hydrogens (tertiary/aromatic N) is 1. The molecule has 2 N–H and O–H groups in total. The Kier molecular flexibility index (Phi) is 5.05. The summed E-state index contributed by atoms with van der Waals surface area (Å²) < 4.78 is 25.2. The molecule has 0 aromatic rings. The highest BCUT2D eigenvalue weighted by Crippen LogP contribution is 2.18. The van der Waals surface area contributed by atoms with E-state index in [1.807, 2.05) is 27.7 Å². The maximum absolute atomic E-state index is 11.8. The summed E-state index contributed by atoms with van der Waals surface area (Å²) in [5.74, 6) is 0.199. The first-order valence-electron chi connectivity index (χ1n) is 5.02. The van der Waals surface area contributed by atoms with E-state index in [0.29, 0.717) is 19.5 Å². The van der Waals surface area contributed by atoms with Crippen molar-refractivity contribution in [3.8, 4) is 0 Å². The summed E-state index contributed by atoms with van der Waals surface area (Å²) in [5, 5.41) is 0. The Morgan fingerprint density at radius 3 is 2.07 bits per heavy atom. The highest BCUT2D eigenvalue weighted by Gasteiger charge is 2.32. The summed E-state index contributed by atoms with van der Waals surface area (Å²) in [6, 6.07) is 0. The predicted octanol–water partition coefficient (Wildman–Crippen LogP) is 0.785. The van der Waals surface area contributed by atoms with Crippen LogP contribution in [0.5, 0.6) is 0 Å². The second-order valence-electron chi connectivity index (χ2n) is 4.00. The Morgan fingerprint density at radius 1 is 1.29 bits per heavy atom. The lowest BCUT2D eigenvalue weighted by atomic mass is 10.1. The van der Waals surface area contributed by atoms with Crippen molar-refractivity contribution in [2.75, 3.05) is 18.8 Å². The molecule has 0 aromatic carbocycles. The second kappa shape index (κ2) is 5.09. The Morgan fingerprint density at radius 2 is 1.79 bits per heavy atom. The minimum Gasteiger partial charge on any atom is -0.329 e. The van der Waals surface area contributed by atoms with Crippen LogP contribution in [0, 0.1) is 0 Å². The van der Waals surface area contributed by atoms with Crippen LogP contribution in [0.2, 0.25) is 0 Å². The minimum absolute atomic E-state index is 0.199. The van der Waals surface area contributed by atoms with E-state index in [-0.39, 0.29) is 5.75 Å². The van der Waals surface area contributed by atoms with Gasteiger partial charge in [0.2, 0.25) is 10.0 Å². The van der Waals surface area contributed by atoms with Crippen molar-refractivity contribution in [3.05, 3.63) is 0 Å². The van der Waals surface area contributed by atoms with Gasteiger partial charge in [-0.3, -0.25) is 0 Å². The first-order chi connectivity index (χ1) is 6.31. The van der Waals surface area contributed by atoms with E-state index in [2.05, 4.69) is 0 Å². The Balaban J connectivity index is 4.90. The smallest absolute Gasteiger partial charge is 0.214 e. The van der Waals surface area contributed by atoms with Crippen molar-refractivity contribution in [1.29, 1.82) is 0 Å². The summed E-state index contributed by atoms with van der Waals surface area (Å²) in [7, 11) is -3.14. The van der Waals surface area contributed by atoms with E-state index in [1.165, 1.54) is 4.31 Å². The van der Waals surface area contributed by atoms with Crippen molar-refractivity contribution in [3.63, 3.8) is 0 Å². The Labute approximate surface area is 87.5 Å². The van der Waals surface area contributed by atoms with Gasteiger partial charge in [0.15, 0.2) is 0 Å². The number of sulfonamides is 1. The Bertz CT molecular complexity index is 260. The fourth-order valence-electron chi connectivity index (χ4n) is 1.47. The molecule has 0 aliphatic carbocycles. The standard InChI is InChI=1S/C9H22N2O2S/c1-5-7-14(12,13)11(6-2)9(3,4)8-10/h5-8,10H2,1-4H3. The van der Waals surface area contributed by atoms with E-state index in [0.717, 1.165) is 0 Å². The number of hydrogen-bond acceptors (Lipinski definition) is 3. The molecular weight excluding hydrogens is 200 g/mol. The molecule has 0 bridgehead atoms. The molecule has 0 aliphatic heterocycles. The van der Waals surface area contributed by atoms with Gasteiger partial charge in [-0.1, -0.05) is 13.8 Å². The van der Waals surface area contributed by atoms with Gasteiger partial charge in [-0.15, -0.1) is 0 Å². The molecule has 5 heteroatoms. The molecule has 0 amide bonds. The first kappa shape index (κ1) is 13.9. The zero-order chi connectivity index (χ0) is 11.4. The molecule has 0 aliphatic rings. The van der Waals surface area contributed by atoms with E-state index in [9.17, 15) is 8.42 Å². The number of nitrogens with two attached hydrogens (primary N) is 1. The molecule has 0 unspecified atom stereocenters. The predicted molar refractivity (Wildman–Crippen MR) is 59.6 cm³/mol. The molecule has 0 atom stereocenters. The molecule has 86 valence electrons. The molecule has 14 heavy (non-hydrogen) atoms. The number of hydrogen-bond donors (Lipinski definition) is 1. The lowest BCUT2D eigenvalue weighted by Gasteiger charge is -2.35. The average Bonchev–Trinajstić information content (AvgIpc) is 2.04. The maximum Gasteiger partial charge on any atom is 0.214 e. The lowest BCUT2D eigenvalue weighted by molar-refractivity contribution is 0.244. The van der Waals surface area contributed by atoms with E-state index < -0.39 is 15.6 Å². The fraction of sp³-hybridized carbons (Fsp3) is 1.00. The van der Waals surface area contributed by atoms with Crippen molar-refractivity contribution in [1.82, 2.24) is 4.31 Å². The van der Waals surface area contributed by atoms with E-state index in [1.54, 1.807) is 0 Å². The van der Waals surface area contributed by atoms with Crippen molar-refractivity contribution in [2.45, 2.75) is 39.7 Å². The molecule has 0 saturated carbocycles. The van der Waals surface area contributed by atoms with Crippen LogP contribution in [0.15, 0.2) is 0 Å². The lowest BCUT2D eigenvalue weighted by Crippen LogP contribution is -2.52. The monoisotopic (exact) mass is 222 g/mol. The van der Waals surface area contributed by atoms with Gasteiger partial charge in [-0.05, 0) is 20.3 Å². The minimum atomic E-state index is -3.14. The second-order valence-corrected chi connectivity index (χ2v) is 6.01. The van der Waals surface area contributed by atoms with Crippen LogP contribution in [0.4, 0.5) is 0 Å². The van der Waals surface area contributed by atoms with Gasteiger partial charge in [0, 0.05) is 18.6 Å². The van der Waals surface area contributed by atoms with Gasteiger partial charge >= 0.3 is 0 Å². The highest BCUT2D eigenvalue weighted by atomic mass is 32.2. The van der Waals surface area contributed by atoms with Crippen LogP contribution in [-0.2, 0) is 10.0 Å². The third-order valence-corrected chi connectivity index (χ3v) is 4.61. The summed E-state index contributed by atoms with van der Waals surface area (Å²) in [6.07, 6.45) is 0.638. The Hall–Kier alpha value is -0.130. The molecule has 0 aromatic heterocycles. The number of likely N-dealkylation sites (N-methyl/N-ethyl adjacent to an activating group) is 1. The van der Waals surface area contributed by atoms with Crippen LogP contribution >= 0.6 is 0 Å². The number of rotatable bonds is 6. The van der Waals surface area contributed by atoms with Crippen molar-refractivity contribution in [2.24, 2.45) is 5.73 Å². The van der Waals surface area contributed by atoms with Crippen LogP contribution in [0.1, 0.15) is 34.1 Å². The summed E-state index contributed by atoms with van der Waals surface area (Å²) >= 11 is 0. The average molecular weight is 222 g/mol.